The average molecular weight is 446 g/mol. The predicted octanol–water partition coefficient (Wildman–Crippen LogP) is 1.70. The van der Waals surface area contributed by atoms with E-state index < -0.39 is 21.0 Å². The van der Waals surface area contributed by atoms with Gasteiger partial charge in [-0.1, -0.05) is 29.0 Å². The van der Waals surface area contributed by atoms with Crippen LogP contribution < -0.4 is 9.61 Å². The number of halogens is 1. The van der Waals surface area contributed by atoms with E-state index in [9.17, 15) is 18.0 Å². The van der Waals surface area contributed by atoms with Crippen molar-refractivity contribution in [2.45, 2.75) is 24.2 Å². The number of sulfonamides is 1. The minimum absolute atomic E-state index is 0.0231. The van der Waals surface area contributed by atoms with E-state index in [-0.39, 0.29) is 36.3 Å². The van der Waals surface area contributed by atoms with Gasteiger partial charge in [0.15, 0.2) is 10.3 Å². The van der Waals surface area contributed by atoms with Crippen molar-refractivity contribution in [1.82, 2.24) is 14.2 Å². The number of benzene rings is 1. The van der Waals surface area contributed by atoms with Gasteiger partial charge in [0, 0.05) is 36.9 Å². The van der Waals surface area contributed by atoms with E-state index >= 15 is 0 Å². The minimum atomic E-state index is -3.76. The molecule has 2 heterocycles. The third-order valence-corrected chi connectivity index (χ3v) is 8.08. The zero-order valence-electron chi connectivity index (χ0n) is 15.3. The maximum atomic E-state index is 12.7. The van der Waals surface area contributed by atoms with E-state index in [1.165, 1.54) is 4.31 Å². The average Bonchev–Trinajstić information content (AvgIpc) is 3.00. The molecule has 8 nitrogen and oxygen atoms in total. The lowest BCUT2D eigenvalue weighted by atomic mass is 10.2. The number of aromatic nitrogens is 1. The minimum Gasteiger partial charge on any atom is -0.481 e. The first kappa shape index (κ1) is 20.8. The maximum Gasteiger partial charge on any atom is 0.305 e. The van der Waals surface area contributed by atoms with Gasteiger partial charge in [0.1, 0.15) is 5.75 Å². The van der Waals surface area contributed by atoms with E-state index in [0.717, 1.165) is 0 Å². The van der Waals surface area contributed by atoms with Gasteiger partial charge >= 0.3 is 4.87 Å². The van der Waals surface area contributed by atoms with E-state index in [4.69, 9.17) is 16.3 Å². The zero-order valence-corrected chi connectivity index (χ0v) is 17.7. The van der Waals surface area contributed by atoms with Gasteiger partial charge < -0.3 is 14.6 Å². The van der Waals surface area contributed by atoms with Crippen molar-refractivity contribution in [3.8, 4) is 5.75 Å². The number of nitrogens with zero attached hydrogens (tertiary/aromatic N) is 2. The Bertz CT molecular complexity index is 1030. The number of hydrogen-bond donors (Lipinski definition) is 1. The smallest absolute Gasteiger partial charge is 0.305 e. The molecule has 1 atom stereocenters. The summed E-state index contributed by atoms with van der Waals surface area (Å²) in [5.74, 6) is 0.270. The summed E-state index contributed by atoms with van der Waals surface area (Å²) in [5, 5.41) is 0.512. The van der Waals surface area contributed by atoms with Crippen LogP contribution in [0.15, 0.2) is 33.3 Å². The molecule has 1 N–H and O–H groups in total. The van der Waals surface area contributed by atoms with Gasteiger partial charge in [-0.05, 0) is 32.0 Å². The molecule has 152 valence electrons. The van der Waals surface area contributed by atoms with Gasteiger partial charge in [-0.25, -0.2) is 8.42 Å². The fourth-order valence-electron chi connectivity index (χ4n) is 2.95. The Labute approximate surface area is 171 Å². The number of carbonyl (C=O) groups excluding carboxylic acids is 1. The van der Waals surface area contributed by atoms with Crippen molar-refractivity contribution in [1.29, 1.82) is 0 Å². The largest absolute Gasteiger partial charge is 0.481 e. The standard InChI is InChI=1S/C17H20ClN3O5S2/c1-11-16(27-17(23)19-11)28(24,25)21-8-6-20(7-9-21)15(22)12(2)26-14-5-3-4-13(18)10-14/h3-5,10,12H,6-9H2,1-2H3,(H,19,23)/t12-/m0/s1. The molecular formula is C17H20ClN3O5S2. The normalized spacial score (nSPS) is 16.8. The molecule has 0 spiro atoms. The second kappa shape index (κ2) is 8.24. The third kappa shape index (κ3) is 4.40. The number of thiazole rings is 1. The Balaban J connectivity index is 1.62. The summed E-state index contributed by atoms with van der Waals surface area (Å²) in [6, 6.07) is 6.78. The summed E-state index contributed by atoms with van der Waals surface area (Å²) in [6.07, 6.45) is -0.723. The SMILES string of the molecule is Cc1[nH]c(=O)sc1S(=O)(=O)N1CCN(C(=O)[C@H](C)Oc2cccc(Cl)c2)CC1. The molecule has 28 heavy (non-hydrogen) atoms. The van der Waals surface area contributed by atoms with Crippen molar-refractivity contribution < 1.29 is 17.9 Å². The summed E-state index contributed by atoms with van der Waals surface area (Å²) in [4.78, 5) is 27.7. The Morgan fingerprint density at radius 3 is 2.54 bits per heavy atom. The first-order valence-corrected chi connectivity index (χ1v) is 11.2. The lowest BCUT2D eigenvalue weighted by Crippen LogP contribution is -2.53. The van der Waals surface area contributed by atoms with Crippen LogP contribution in [-0.4, -0.2) is 60.8 Å². The molecule has 3 rings (SSSR count). The molecule has 1 fully saturated rings. The molecule has 1 aromatic carbocycles. The first-order chi connectivity index (χ1) is 13.2. The summed E-state index contributed by atoms with van der Waals surface area (Å²) >= 11 is 6.60. The van der Waals surface area contributed by atoms with Crippen LogP contribution in [-0.2, 0) is 14.8 Å². The Hall–Kier alpha value is -1.88. The molecule has 1 aliphatic heterocycles. The van der Waals surface area contributed by atoms with Gasteiger partial charge in [-0.2, -0.15) is 4.31 Å². The molecule has 1 aromatic heterocycles. The van der Waals surface area contributed by atoms with E-state index in [1.54, 1.807) is 43.0 Å². The number of amides is 1. The van der Waals surface area contributed by atoms with Crippen LogP contribution in [0.25, 0.3) is 0 Å². The van der Waals surface area contributed by atoms with E-state index in [2.05, 4.69) is 4.98 Å². The topological polar surface area (TPSA) is 99.8 Å². The van der Waals surface area contributed by atoms with Crippen LogP contribution in [0.3, 0.4) is 0 Å². The van der Waals surface area contributed by atoms with Crippen molar-refractivity contribution in [3.63, 3.8) is 0 Å². The molecule has 0 aliphatic carbocycles. The van der Waals surface area contributed by atoms with Gasteiger partial charge in [0.2, 0.25) is 0 Å². The van der Waals surface area contributed by atoms with Crippen molar-refractivity contribution in [2.75, 3.05) is 26.2 Å². The van der Waals surface area contributed by atoms with E-state index in [0.29, 0.717) is 27.8 Å². The van der Waals surface area contributed by atoms with Gasteiger partial charge in [0.25, 0.3) is 15.9 Å². The van der Waals surface area contributed by atoms with Gasteiger partial charge in [-0.15, -0.1) is 0 Å². The molecule has 1 saturated heterocycles. The highest BCUT2D eigenvalue weighted by atomic mass is 35.5. The summed E-state index contributed by atoms with van der Waals surface area (Å²) < 4.78 is 32.5. The number of carbonyl (C=O) groups is 1. The number of rotatable bonds is 5. The molecule has 1 aliphatic rings. The molecular weight excluding hydrogens is 426 g/mol. The highest BCUT2D eigenvalue weighted by Gasteiger charge is 2.34. The maximum absolute atomic E-state index is 12.7. The fraction of sp³-hybridized carbons (Fsp3) is 0.412. The Morgan fingerprint density at radius 2 is 1.96 bits per heavy atom. The van der Waals surface area contributed by atoms with Gasteiger partial charge in [0.05, 0.1) is 0 Å². The zero-order chi connectivity index (χ0) is 20.5. The molecule has 0 radical (unpaired) electrons. The number of aromatic amines is 1. The number of ether oxygens (including phenoxy) is 1. The van der Waals surface area contributed by atoms with Crippen LogP contribution >= 0.6 is 22.9 Å². The summed E-state index contributed by atoms with van der Waals surface area (Å²) in [5.41, 5.74) is 0.331. The lowest BCUT2D eigenvalue weighted by molar-refractivity contribution is -0.139. The van der Waals surface area contributed by atoms with Gasteiger partial charge in [-0.3, -0.25) is 9.59 Å². The summed E-state index contributed by atoms with van der Waals surface area (Å²) in [6.45, 7) is 4.01. The number of piperazine rings is 1. The Kier molecular flexibility index (Phi) is 6.13. The molecule has 0 unspecified atom stereocenters. The number of H-pyrrole nitrogens is 1. The van der Waals surface area contributed by atoms with Crippen LogP contribution in [0.4, 0.5) is 0 Å². The number of hydrogen-bond acceptors (Lipinski definition) is 6. The molecule has 1 amide bonds. The molecule has 11 heteroatoms. The first-order valence-electron chi connectivity index (χ1n) is 8.59. The highest BCUT2D eigenvalue weighted by molar-refractivity contribution is 7.91. The number of aryl methyl sites for hydroxylation is 1. The third-order valence-electron chi connectivity index (χ3n) is 4.36. The molecule has 0 bridgehead atoms. The second-order valence-corrected chi connectivity index (χ2v) is 9.93. The van der Waals surface area contributed by atoms with Crippen LogP contribution in [0.2, 0.25) is 5.02 Å². The number of nitrogens with one attached hydrogen (secondary N) is 1. The molecule has 0 saturated carbocycles. The predicted molar refractivity (Wildman–Crippen MR) is 107 cm³/mol. The van der Waals surface area contributed by atoms with Crippen molar-refractivity contribution >= 4 is 38.9 Å². The van der Waals surface area contributed by atoms with Crippen LogP contribution in [0.5, 0.6) is 5.75 Å². The van der Waals surface area contributed by atoms with Crippen LogP contribution in [0.1, 0.15) is 12.6 Å². The summed E-state index contributed by atoms with van der Waals surface area (Å²) in [7, 11) is -3.76. The van der Waals surface area contributed by atoms with E-state index in [1.807, 2.05) is 0 Å². The Morgan fingerprint density at radius 1 is 1.29 bits per heavy atom. The van der Waals surface area contributed by atoms with Crippen molar-refractivity contribution in [2.24, 2.45) is 0 Å². The van der Waals surface area contributed by atoms with Crippen molar-refractivity contribution in [3.05, 3.63) is 44.6 Å². The quantitative estimate of drug-likeness (QED) is 0.755. The monoisotopic (exact) mass is 445 g/mol. The fourth-order valence-corrected chi connectivity index (χ4v) is 5.99. The van der Waals surface area contributed by atoms with Crippen LogP contribution in [0, 0.1) is 6.92 Å². The molecule has 2 aromatic rings. The second-order valence-electron chi connectivity index (χ2n) is 6.37. The lowest BCUT2D eigenvalue weighted by Gasteiger charge is -2.35. The highest BCUT2D eigenvalue weighted by Crippen LogP contribution is 2.23.